The van der Waals surface area contributed by atoms with Crippen molar-refractivity contribution in [1.82, 2.24) is 10.2 Å². The molecule has 2 aliphatic rings. The van der Waals surface area contributed by atoms with Crippen molar-refractivity contribution in [3.63, 3.8) is 0 Å². The molecule has 1 saturated heterocycles. The van der Waals surface area contributed by atoms with Crippen LogP contribution in [0.3, 0.4) is 0 Å². The Bertz CT molecular complexity index is 896. The van der Waals surface area contributed by atoms with Gasteiger partial charge in [-0.15, -0.1) is 0 Å². The number of benzene rings is 2. The maximum atomic E-state index is 12.7. The molecule has 7 nitrogen and oxygen atoms in total. The van der Waals surface area contributed by atoms with Crippen molar-refractivity contribution < 1.29 is 24.2 Å². The molecule has 0 bridgehead atoms. The molecule has 0 radical (unpaired) electrons. The van der Waals surface area contributed by atoms with Gasteiger partial charge in [0.25, 0.3) is 5.91 Å². The number of ether oxygens (including phenoxy) is 2. The van der Waals surface area contributed by atoms with Crippen LogP contribution < -0.4 is 14.8 Å². The van der Waals surface area contributed by atoms with Gasteiger partial charge in [-0.05, 0) is 43.6 Å². The summed E-state index contributed by atoms with van der Waals surface area (Å²) in [4.78, 5) is 27.4. The van der Waals surface area contributed by atoms with Crippen LogP contribution in [0.25, 0.3) is 0 Å². The lowest BCUT2D eigenvalue weighted by Gasteiger charge is -2.29. The minimum absolute atomic E-state index is 0.323. The van der Waals surface area contributed by atoms with E-state index in [2.05, 4.69) is 10.2 Å². The standard InChI is InChI=1S/C23H26N2O5/c26-21(17-8-9-19-20(14-17)30-13-12-29-19)18(15-25-10-4-5-11-25)24-23(28)22(27)16-6-2-1-3-7-16/h1-3,6-9,14,18,21,26H,4-5,10-13,15H2,(H,24,28)/t18-,21-/m1/s1. The minimum atomic E-state index is -0.992. The third-order valence-electron chi connectivity index (χ3n) is 5.50. The minimum Gasteiger partial charge on any atom is -0.486 e. The lowest BCUT2D eigenvalue weighted by Crippen LogP contribution is -2.48. The van der Waals surface area contributed by atoms with Crippen LogP contribution >= 0.6 is 0 Å². The number of amides is 1. The Morgan fingerprint density at radius 3 is 2.43 bits per heavy atom. The fourth-order valence-electron chi connectivity index (χ4n) is 3.90. The van der Waals surface area contributed by atoms with E-state index >= 15 is 0 Å². The van der Waals surface area contributed by atoms with Crippen LogP contribution in [0.5, 0.6) is 11.5 Å². The van der Waals surface area contributed by atoms with Gasteiger partial charge in [0, 0.05) is 12.1 Å². The predicted molar refractivity (Wildman–Crippen MR) is 111 cm³/mol. The number of likely N-dealkylation sites (tertiary alicyclic amines) is 1. The van der Waals surface area contributed by atoms with Gasteiger partial charge in [-0.1, -0.05) is 36.4 Å². The van der Waals surface area contributed by atoms with Crippen LogP contribution in [0, 0.1) is 0 Å². The van der Waals surface area contributed by atoms with Crippen molar-refractivity contribution in [2.75, 3.05) is 32.8 Å². The number of nitrogens with one attached hydrogen (secondary N) is 1. The highest BCUT2D eigenvalue weighted by atomic mass is 16.6. The molecular formula is C23H26N2O5. The molecule has 2 heterocycles. The van der Waals surface area contributed by atoms with Crippen LogP contribution in [-0.4, -0.2) is 60.6 Å². The second-order valence-electron chi connectivity index (χ2n) is 7.63. The van der Waals surface area contributed by atoms with Crippen LogP contribution in [0.1, 0.15) is 34.9 Å². The third kappa shape index (κ3) is 4.63. The summed E-state index contributed by atoms with van der Waals surface area (Å²) >= 11 is 0. The van der Waals surface area contributed by atoms with Gasteiger partial charge < -0.3 is 24.8 Å². The third-order valence-corrected chi connectivity index (χ3v) is 5.50. The van der Waals surface area contributed by atoms with Crippen molar-refractivity contribution in [2.45, 2.75) is 25.0 Å². The zero-order valence-electron chi connectivity index (χ0n) is 16.8. The zero-order chi connectivity index (χ0) is 20.9. The summed E-state index contributed by atoms with van der Waals surface area (Å²) in [6.07, 6.45) is 1.18. The molecule has 2 atom stereocenters. The normalized spacial score (nSPS) is 17.9. The van der Waals surface area contributed by atoms with Crippen molar-refractivity contribution in [2.24, 2.45) is 0 Å². The largest absolute Gasteiger partial charge is 0.486 e. The molecule has 158 valence electrons. The number of aliphatic hydroxyl groups is 1. The van der Waals surface area contributed by atoms with E-state index in [4.69, 9.17) is 9.47 Å². The van der Waals surface area contributed by atoms with Crippen molar-refractivity contribution in [3.8, 4) is 11.5 Å². The molecule has 0 spiro atoms. The van der Waals surface area contributed by atoms with E-state index in [-0.39, 0.29) is 0 Å². The highest BCUT2D eigenvalue weighted by Gasteiger charge is 2.29. The van der Waals surface area contributed by atoms with Gasteiger partial charge in [0.15, 0.2) is 11.5 Å². The van der Waals surface area contributed by atoms with E-state index in [1.54, 1.807) is 48.5 Å². The summed E-state index contributed by atoms with van der Waals surface area (Å²) in [5.74, 6) is -0.126. The van der Waals surface area contributed by atoms with Gasteiger partial charge in [-0.3, -0.25) is 9.59 Å². The first-order valence-electron chi connectivity index (χ1n) is 10.3. The van der Waals surface area contributed by atoms with E-state index in [9.17, 15) is 14.7 Å². The summed E-state index contributed by atoms with van der Waals surface area (Å²) in [5.41, 5.74) is 0.930. The summed E-state index contributed by atoms with van der Waals surface area (Å²) < 4.78 is 11.2. The van der Waals surface area contributed by atoms with Crippen molar-refractivity contribution >= 4 is 11.7 Å². The maximum absolute atomic E-state index is 12.7. The summed E-state index contributed by atoms with van der Waals surface area (Å²) in [6.45, 7) is 3.22. The lowest BCUT2D eigenvalue weighted by molar-refractivity contribution is -0.118. The van der Waals surface area contributed by atoms with Crippen LogP contribution in [0.4, 0.5) is 0 Å². The first-order valence-corrected chi connectivity index (χ1v) is 10.3. The number of carbonyl (C=O) groups excluding carboxylic acids is 2. The van der Waals surface area contributed by atoms with Gasteiger partial charge in [0.05, 0.1) is 6.04 Å². The first kappa shape index (κ1) is 20.4. The Hall–Kier alpha value is -2.90. The van der Waals surface area contributed by atoms with Gasteiger partial charge >= 0.3 is 0 Å². The average Bonchev–Trinajstić information content (AvgIpc) is 3.31. The monoisotopic (exact) mass is 410 g/mol. The van der Waals surface area contributed by atoms with Gasteiger partial charge in [0.2, 0.25) is 5.78 Å². The van der Waals surface area contributed by atoms with Crippen LogP contribution in [-0.2, 0) is 4.79 Å². The number of hydrogen-bond donors (Lipinski definition) is 2. The molecule has 4 rings (SSSR count). The molecule has 30 heavy (non-hydrogen) atoms. The molecule has 0 aliphatic carbocycles. The Morgan fingerprint density at radius 1 is 1.00 bits per heavy atom. The number of aliphatic hydroxyl groups excluding tert-OH is 1. The van der Waals surface area contributed by atoms with E-state index in [0.29, 0.717) is 42.4 Å². The van der Waals surface area contributed by atoms with Crippen molar-refractivity contribution in [1.29, 1.82) is 0 Å². The molecule has 0 saturated carbocycles. The average molecular weight is 410 g/mol. The maximum Gasteiger partial charge on any atom is 0.292 e. The second-order valence-corrected chi connectivity index (χ2v) is 7.63. The number of Topliss-reactive ketones (excluding diaryl/α,β-unsaturated/α-hetero) is 1. The van der Waals surface area contributed by atoms with Crippen LogP contribution in [0.15, 0.2) is 48.5 Å². The van der Waals surface area contributed by atoms with Gasteiger partial charge in [0.1, 0.15) is 19.3 Å². The van der Waals surface area contributed by atoms with E-state index < -0.39 is 23.8 Å². The topological polar surface area (TPSA) is 88.1 Å². The van der Waals surface area contributed by atoms with E-state index in [1.165, 1.54) is 0 Å². The highest BCUT2D eigenvalue weighted by molar-refractivity contribution is 6.42. The number of carbonyl (C=O) groups is 2. The van der Waals surface area contributed by atoms with E-state index in [0.717, 1.165) is 25.9 Å². The number of rotatable bonds is 7. The fourth-order valence-corrected chi connectivity index (χ4v) is 3.90. The first-order chi connectivity index (χ1) is 14.6. The molecule has 1 amide bonds. The predicted octanol–water partition coefficient (Wildman–Crippen LogP) is 1.95. The number of hydrogen-bond acceptors (Lipinski definition) is 6. The number of nitrogens with zero attached hydrogens (tertiary/aromatic N) is 1. The molecule has 2 N–H and O–H groups in total. The molecule has 2 aliphatic heterocycles. The van der Waals surface area contributed by atoms with Gasteiger partial charge in [-0.2, -0.15) is 0 Å². The van der Waals surface area contributed by atoms with E-state index in [1.807, 2.05) is 0 Å². The summed E-state index contributed by atoms with van der Waals surface area (Å²) in [6, 6.07) is 13.1. The summed E-state index contributed by atoms with van der Waals surface area (Å²) in [7, 11) is 0. The smallest absolute Gasteiger partial charge is 0.292 e. The molecule has 0 aromatic heterocycles. The van der Waals surface area contributed by atoms with Crippen LogP contribution in [0.2, 0.25) is 0 Å². The molecular weight excluding hydrogens is 384 g/mol. The molecule has 2 aromatic rings. The molecule has 7 heteroatoms. The lowest BCUT2D eigenvalue weighted by atomic mass is 10.00. The Balaban J connectivity index is 1.53. The highest BCUT2D eigenvalue weighted by Crippen LogP contribution is 2.33. The number of ketones is 1. The zero-order valence-corrected chi connectivity index (χ0v) is 16.8. The Kier molecular flexibility index (Phi) is 6.30. The molecule has 2 aromatic carbocycles. The quantitative estimate of drug-likeness (QED) is 0.536. The fraction of sp³-hybridized carbons (Fsp3) is 0.391. The van der Waals surface area contributed by atoms with Crippen molar-refractivity contribution in [3.05, 3.63) is 59.7 Å². The SMILES string of the molecule is O=C(N[C@H](CN1CCCC1)[C@H](O)c1ccc2c(c1)OCCO2)C(=O)c1ccccc1. The number of fused-ring (bicyclic) bond motifs is 1. The molecule has 1 fully saturated rings. The van der Waals surface area contributed by atoms with Gasteiger partial charge in [-0.25, -0.2) is 0 Å². The summed E-state index contributed by atoms with van der Waals surface area (Å²) in [5, 5.41) is 13.9. The Morgan fingerprint density at radius 2 is 1.70 bits per heavy atom. The second kappa shape index (κ2) is 9.28. The molecule has 0 unspecified atom stereocenters. The Labute approximate surface area is 175 Å².